The van der Waals surface area contributed by atoms with Crippen LogP contribution in [0.4, 0.5) is 0 Å². The van der Waals surface area contributed by atoms with E-state index in [1.54, 1.807) is 6.07 Å². The molecular weight excluding hydrogens is 1060 g/mol. The summed E-state index contributed by atoms with van der Waals surface area (Å²) in [6, 6.07) is 71.0. The van der Waals surface area contributed by atoms with E-state index in [-0.39, 0.29) is 25.7 Å². The maximum atomic E-state index is 8.98. The molecule has 1 radical (unpaired) electrons. The molecule has 0 amide bonds. The van der Waals surface area contributed by atoms with Gasteiger partial charge in [0.15, 0.2) is 0 Å². The van der Waals surface area contributed by atoms with E-state index in [1.807, 2.05) is 141 Å². The summed E-state index contributed by atoms with van der Waals surface area (Å²) in [5.74, 6) is -0.169. The van der Waals surface area contributed by atoms with E-state index >= 15 is 0 Å². The molecule has 6 heteroatoms. The third-order valence-corrected chi connectivity index (χ3v) is 13.3. The number of hydrogen-bond donors (Lipinski definition) is 0. The second-order valence-corrected chi connectivity index (χ2v) is 18.7. The van der Waals surface area contributed by atoms with E-state index < -0.39 is 18.6 Å². The van der Waals surface area contributed by atoms with Crippen LogP contribution in [0.3, 0.4) is 0 Å². The first-order valence-electron chi connectivity index (χ1n) is 26.7. The number of hydrogen-bond acceptors (Lipinski definition) is 3. The van der Waals surface area contributed by atoms with Gasteiger partial charge in [-0.2, -0.15) is 0 Å². The van der Waals surface area contributed by atoms with Crippen molar-refractivity contribution in [3.8, 4) is 56.4 Å². The zero-order valence-corrected chi connectivity index (χ0v) is 43.5. The molecule has 12 aromatic rings. The molecule has 12 rings (SSSR count). The van der Waals surface area contributed by atoms with Crippen molar-refractivity contribution in [3.05, 3.63) is 229 Å². The quantitative estimate of drug-likeness (QED) is 0.135. The average molecular weight is 1120 g/mol. The molecule has 0 saturated heterocycles. The van der Waals surface area contributed by atoms with E-state index in [4.69, 9.17) is 21.2 Å². The Morgan fingerprint density at radius 2 is 1.15 bits per heavy atom. The Balaban J connectivity index is 0.000000173. The Morgan fingerprint density at radius 3 is 1.82 bits per heavy atom. The first kappa shape index (κ1) is 42.1. The number of para-hydroxylation sites is 6. The smallest absolute Gasteiger partial charge is 0.120 e. The van der Waals surface area contributed by atoms with Crippen LogP contribution in [0.1, 0.15) is 88.4 Å². The number of fused-ring (bicyclic) bond motifs is 5. The van der Waals surface area contributed by atoms with Crippen LogP contribution in [0, 0.1) is 19.0 Å². The van der Waals surface area contributed by atoms with Crippen molar-refractivity contribution in [3.63, 3.8) is 0 Å². The predicted molar refractivity (Wildman–Crippen MR) is 296 cm³/mol. The van der Waals surface area contributed by atoms with Gasteiger partial charge in [0, 0.05) is 43.7 Å². The Morgan fingerprint density at radius 1 is 0.542 bits per heavy atom. The molecular formula is C66H56IrN4O-2. The number of benzene rings is 9. The fourth-order valence-electron chi connectivity index (χ4n) is 9.83. The minimum Gasteiger partial charge on any atom is -0.501 e. The van der Waals surface area contributed by atoms with Gasteiger partial charge in [-0.05, 0) is 87.5 Å². The van der Waals surface area contributed by atoms with Gasteiger partial charge in [0.05, 0.1) is 39.3 Å². The largest absolute Gasteiger partial charge is 0.501 e. The van der Waals surface area contributed by atoms with Crippen molar-refractivity contribution >= 4 is 44.0 Å². The fraction of sp³-hybridized carbons (Fsp3) is 0.152. The van der Waals surface area contributed by atoms with E-state index in [2.05, 4.69) is 109 Å². The molecule has 3 aromatic heterocycles. The summed E-state index contributed by atoms with van der Waals surface area (Å²) >= 11 is 0. The molecule has 0 aliphatic rings. The molecule has 9 aromatic carbocycles. The summed E-state index contributed by atoms with van der Waals surface area (Å²) in [4.78, 5) is 10.2. The van der Waals surface area contributed by atoms with Crippen LogP contribution in [0.15, 0.2) is 199 Å². The number of rotatable bonds is 9. The van der Waals surface area contributed by atoms with Gasteiger partial charge >= 0.3 is 0 Å². The molecule has 0 aliphatic heterocycles. The molecule has 0 spiro atoms. The molecule has 72 heavy (non-hydrogen) atoms. The summed E-state index contributed by atoms with van der Waals surface area (Å²) in [7, 11) is 0. The Bertz CT molecular complexity index is 4070. The first-order valence-corrected chi connectivity index (χ1v) is 24.2. The third kappa shape index (κ3) is 8.80. The molecule has 0 fully saturated rings. The van der Waals surface area contributed by atoms with Gasteiger partial charge in [-0.25, -0.2) is 0 Å². The van der Waals surface area contributed by atoms with Gasteiger partial charge < -0.3 is 13.6 Å². The van der Waals surface area contributed by atoms with Crippen LogP contribution in [0.2, 0.25) is 0 Å². The Kier molecular flexibility index (Phi) is 11.8. The molecule has 0 saturated carbocycles. The summed E-state index contributed by atoms with van der Waals surface area (Å²) in [6.07, 6.45) is 0. The molecule has 0 unspecified atom stereocenters. The normalized spacial score (nSPS) is 13.0. The zero-order valence-electron chi connectivity index (χ0n) is 46.1. The van der Waals surface area contributed by atoms with Gasteiger partial charge in [-0.3, -0.25) is 9.97 Å². The molecule has 357 valence electrons. The van der Waals surface area contributed by atoms with Crippen LogP contribution in [-0.2, 0) is 20.1 Å². The van der Waals surface area contributed by atoms with Crippen LogP contribution in [0.25, 0.3) is 100 Å². The van der Waals surface area contributed by atoms with Gasteiger partial charge in [-0.15, -0.1) is 47.5 Å². The van der Waals surface area contributed by atoms with Crippen molar-refractivity contribution in [1.29, 1.82) is 0 Å². The minimum atomic E-state index is -2.31. The first-order chi connectivity index (χ1) is 36.5. The summed E-state index contributed by atoms with van der Waals surface area (Å²) in [5, 5.41) is 2.18. The summed E-state index contributed by atoms with van der Waals surface area (Å²) in [6.45, 7) is 9.54. The maximum absolute atomic E-state index is 8.98. The monoisotopic (exact) mass is 1120 g/mol. The molecule has 0 aliphatic carbocycles. The molecule has 5 nitrogen and oxygen atoms in total. The molecule has 0 atom stereocenters. The van der Waals surface area contributed by atoms with E-state index in [0.717, 1.165) is 83.5 Å². The van der Waals surface area contributed by atoms with Crippen molar-refractivity contribution < 1.29 is 31.4 Å². The SMILES string of the molecule is CC(C)c1ccc(-c2ccccc2)cc1-n1c(-c2[c-]ccc3c2oc2ccccc23)nc2ccccc21.[2H]C([2H])([2H])c1c[c-]c(-c2nc3ccccc3n2-c2c(C([2H])(C)C)cccc2C([2H])(C)C)cc1-c1ccccc1.[Ir]. The molecule has 0 N–H and O–H groups in total. The van der Waals surface area contributed by atoms with E-state index in [0.29, 0.717) is 22.9 Å². The second-order valence-electron chi connectivity index (χ2n) is 18.7. The van der Waals surface area contributed by atoms with Gasteiger partial charge in [0.2, 0.25) is 0 Å². The average Bonchev–Trinajstić information content (AvgIpc) is 4.13. The third-order valence-electron chi connectivity index (χ3n) is 13.3. The number of furan rings is 1. The topological polar surface area (TPSA) is 48.8 Å². The number of aryl methyl sites for hydroxylation is 1. The van der Waals surface area contributed by atoms with Gasteiger partial charge in [0.1, 0.15) is 5.58 Å². The Hall–Kier alpha value is -7.63. The van der Waals surface area contributed by atoms with Crippen LogP contribution >= 0.6 is 0 Å². The molecule has 0 bridgehead atoms. The van der Waals surface area contributed by atoms with Crippen molar-refractivity contribution in [2.45, 2.75) is 66.1 Å². The minimum absolute atomic E-state index is 0. The predicted octanol–water partition coefficient (Wildman–Crippen LogP) is 17.9. The van der Waals surface area contributed by atoms with Gasteiger partial charge in [-0.1, -0.05) is 198 Å². The Labute approximate surface area is 443 Å². The number of aromatic nitrogens is 4. The van der Waals surface area contributed by atoms with Crippen molar-refractivity contribution in [1.82, 2.24) is 19.1 Å². The summed E-state index contributed by atoms with van der Waals surface area (Å²) in [5.41, 5.74) is 15.4. The fourth-order valence-corrected chi connectivity index (χ4v) is 9.83. The standard InChI is InChI=1S/C34H25N2O.C32H31N2.Ir/c1-22(2)25-20-19-24(23-11-4-3-5-12-23)21-31(25)36-30-17-8-7-16-29(30)35-34(36)28-15-10-14-27-26-13-6-9-18-32(26)37-33(27)28;1-21(2)26-14-11-15-27(22(3)4)31(26)34-30-17-10-9-16-29(30)33-32(34)25-19-18-23(5)28(20-25)24-12-7-6-8-13-24;/h3-14,16-22H,1-2H3;6-18,20-22H,1-5H3;/q2*-1;/i;5D3,21D,22D;. The number of imidazole rings is 2. The second kappa shape index (κ2) is 20.2. The van der Waals surface area contributed by atoms with Crippen molar-refractivity contribution in [2.24, 2.45) is 0 Å². The van der Waals surface area contributed by atoms with E-state index in [9.17, 15) is 0 Å². The van der Waals surface area contributed by atoms with Gasteiger partial charge in [0.25, 0.3) is 0 Å². The van der Waals surface area contributed by atoms with E-state index in [1.165, 1.54) is 16.7 Å². The zero-order chi connectivity index (χ0) is 53.1. The van der Waals surface area contributed by atoms with Crippen LogP contribution in [0.5, 0.6) is 0 Å². The van der Waals surface area contributed by atoms with Crippen molar-refractivity contribution in [2.75, 3.05) is 0 Å². The maximum Gasteiger partial charge on any atom is 0.120 e. The number of nitrogens with zero attached hydrogens (tertiary/aromatic N) is 4. The van der Waals surface area contributed by atoms with Crippen LogP contribution in [-0.4, -0.2) is 19.1 Å². The summed E-state index contributed by atoms with van der Waals surface area (Å²) < 4.78 is 53.1. The molecule has 3 heterocycles. The van der Waals surface area contributed by atoms with Crippen LogP contribution < -0.4 is 0 Å².